The van der Waals surface area contributed by atoms with E-state index in [4.69, 9.17) is 9.84 Å². The van der Waals surface area contributed by atoms with Crippen molar-refractivity contribution >= 4 is 0 Å². The first-order chi connectivity index (χ1) is 4.84. The van der Waals surface area contributed by atoms with E-state index < -0.39 is 0 Å². The summed E-state index contributed by atoms with van der Waals surface area (Å²) in [4.78, 5) is 0. The number of hydrazine groups is 1. The first-order valence-corrected chi connectivity index (χ1v) is 3.28. The summed E-state index contributed by atoms with van der Waals surface area (Å²) in [6.07, 6.45) is 0.964. The van der Waals surface area contributed by atoms with Gasteiger partial charge in [0.05, 0.1) is 6.61 Å². The lowest BCUT2D eigenvalue weighted by Gasteiger charge is -2.29. The smallest absolute Gasteiger partial charge is 0.196 e. The van der Waals surface area contributed by atoms with Crippen LogP contribution in [-0.2, 0) is 4.74 Å². The van der Waals surface area contributed by atoms with Crippen LogP contribution in [0.15, 0.2) is 12.5 Å². The molecule has 0 radical (unpaired) electrons. The normalized spacial score (nSPS) is 18.9. The molecule has 0 aromatic carbocycles. The highest BCUT2D eigenvalue weighted by Crippen LogP contribution is 2.07. The number of nitrogens with zero attached hydrogens (tertiary/aromatic N) is 1. The maximum atomic E-state index is 8.49. The fraction of sp³-hybridized carbons (Fsp3) is 0.667. The molecule has 0 aromatic heterocycles. The van der Waals surface area contributed by atoms with Crippen molar-refractivity contribution in [1.29, 1.82) is 0 Å². The van der Waals surface area contributed by atoms with Gasteiger partial charge in [-0.15, -0.1) is 0 Å². The summed E-state index contributed by atoms with van der Waals surface area (Å²) in [5, 5.41) is 10.2. The van der Waals surface area contributed by atoms with Gasteiger partial charge in [0.1, 0.15) is 6.73 Å². The zero-order valence-electron chi connectivity index (χ0n) is 5.84. The summed E-state index contributed by atoms with van der Waals surface area (Å²) in [6.45, 7) is 5.13. The van der Waals surface area contributed by atoms with Crippen LogP contribution in [0.2, 0.25) is 0 Å². The molecule has 58 valence electrons. The Balaban J connectivity index is 2.32. The van der Waals surface area contributed by atoms with Crippen molar-refractivity contribution in [3.05, 3.63) is 12.5 Å². The SMILES string of the molecule is C=C1OCCCN1NCO. The largest absolute Gasteiger partial charge is 0.479 e. The summed E-state index contributed by atoms with van der Waals surface area (Å²) in [5.41, 5.74) is 2.70. The monoisotopic (exact) mass is 144 g/mol. The van der Waals surface area contributed by atoms with Crippen LogP contribution in [0.3, 0.4) is 0 Å². The molecule has 0 amide bonds. The molecular formula is C6H12N2O2. The topological polar surface area (TPSA) is 44.7 Å². The van der Waals surface area contributed by atoms with Gasteiger partial charge in [0.25, 0.3) is 0 Å². The minimum absolute atomic E-state index is 0.0810. The van der Waals surface area contributed by atoms with E-state index in [0.29, 0.717) is 5.88 Å². The van der Waals surface area contributed by atoms with Crippen molar-refractivity contribution in [2.45, 2.75) is 6.42 Å². The zero-order chi connectivity index (χ0) is 7.40. The third-order valence-electron chi connectivity index (χ3n) is 1.36. The Morgan fingerprint density at radius 1 is 1.80 bits per heavy atom. The summed E-state index contributed by atoms with van der Waals surface area (Å²) >= 11 is 0. The maximum Gasteiger partial charge on any atom is 0.196 e. The molecule has 4 heteroatoms. The first-order valence-electron chi connectivity index (χ1n) is 3.28. The molecule has 1 aliphatic rings. The molecule has 1 heterocycles. The Morgan fingerprint density at radius 3 is 3.20 bits per heavy atom. The Kier molecular flexibility index (Phi) is 2.53. The third-order valence-corrected chi connectivity index (χ3v) is 1.36. The number of hydrogen-bond acceptors (Lipinski definition) is 4. The van der Waals surface area contributed by atoms with Crippen molar-refractivity contribution in [2.24, 2.45) is 0 Å². The zero-order valence-corrected chi connectivity index (χ0v) is 5.84. The summed E-state index contributed by atoms with van der Waals surface area (Å²) < 4.78 is 5.10. The van der Waals surface area contributed by atoms with Crippen LogP contribution in [0.25, 0.3) is 0 Å². The molecule has 0 spiro atoms. The van der Waals surface area contributed by atoms with Crippen molar-refractivity contribution < 1.29 is 9.84 Å². The lowest BCUT2D eigenvalue weighted by molar-refractivity contribution is 0.0141. The molecule has 1 saturated heterocycles. The minimum Gasteiger partial charge on any atom is -0.479 e. The average molecular weight is 144 g/mol. The number of ether oxygens (including phenoxy) is 1. The number of aliphatic hydroxyl groups excluding tert-OH is 1. The summed E-state index contributed by atoms with van der Waals surface area (Å²) in [7, 11) is 0. The first kappa shape index (κ1) is 7.37. The van der Waals surface area contributed by atoms with Gasteiger partial charge in [-0.2, -0.15) is 0 Å². The molecule has 1 aliphatic heterocycles. The molecule has 2 N–H and O–H groups in total. The van der Waals surface area contributed by atoms with Crippen LogP contribution in [0.5, 0.6) is 0 Å². The summed E-state index contributed by atoms with van der Waals surface area (Å²) in [5.74, 6) is 0.584. The highest BCUT2D eigenvalue weighted by molar-refractivity contribution is 4.83. The molecule has 0 unspecified atom stereocenters. The van der Waals surface area contributed by atoms with Gasteiger partial charge in [-0.25, -0.2) is 5.43 Å². The van der Waals surface area contributed by atoms with Gasteiger partial charge in [0.15, 0.2) is 5.88 Å². The van der Waals surface area contributed by atoms with Crippen molar-refractivity contribution in [3.8, 4) is 0 Å². The van der Waals surface area contributed by atoms with E-state index in [0.717, 1.165) is 19.6 Å². The summed E-state index contributed by atoms with van der Waals surface area (Å²) in [6, 6.07) is 0. The molecule has 1 rings (SSSR count). The van der Waals surface area contributed by atoms with Crippen LogP contribution in [-0.4, -0.2) is 30.0 Å². The van der Waals surface area contributed by atoms with Gasteiger partial charge in [-0.1, -0.05) is 0 Å². The Hall–Kier alpha value is -0.740. The second kappa shape index (κ2) is 3.43. The van der Waals surface area contributed by atoms with Crippen LogP contribution >= 0.6 is 0 Å². The van der Waals surface area contributed by atoms with Crippen molar-refractivity contribution in [1.82, 2.24) is 10.4 Å². The fourth-order valence-electron chi connectivity index (χ4n) is 0.868. The van der Waals surface area contributed by atoms with Crippen molar-refractivity contribution in [3.63, 3.8) is 0 Å². The Labute approximate surface area is 60.1 Å². The Morgan fingerprint density at radius 2 is 2.60 bits per heavy atom. The lowest BCUT2D eigenvalue weighted by atomic mass is 10.4. The minimum atomic E-state index is -0.0810. The quantitative estimate of drug-likeness (QED) is 0.519. The predicted molar refractivity (Wildman–Crippen MR) is 36.6 cm³/mol. The molecule has 0 atom stereocenters. The molecule has 0 bridgehead atoms. The lowest BCUT2D eigenvalue weighted by Crippen LogP contribution is -2.42. The highest BCUT2D eigenvalue weighted by Gasteiger charge is 2.11. The van der Waals surface area contributed by atoms with E-state index in [2.05, 4.69) is 12.0 Å². The van der Waals surface area contributed by atoms with E-state index >= 15 is 0 Å². The van der Waals surface area contributed by atoms with E-state index in [1.165, 1.54) is 0 Å². The molecule has 1 fully saturated rings. The highest BCUT2D eigenvalue weighted by atomic mass is 16.5. The van der Waals surface area contributed by atoms with Crippen LogP contribution < -0.4 is 5.43 Å². The van der Waals surface area contributed by atoms with E-state index in [9.17, 15) is 0 Å². The van der Waals surface area contributed by atoms with E-state index in [1.807, 2.05) is 0 Å². The number of hydrogen-bond donors (Lipinski definition) is 2. The van der Waals surface area contributed by atoms with Gasteiger partial charge in [-0.3, -0.25) is 5.01 Å². The van der Waals surface area contributed by atoms with E-state index in [1.54, 1.807) is 5.01 Å². The van der Waals surface area contributed by atoms with Gasteiger partial charge in [0, 0.05) is 13.0 Å². The van der Waals surface area contributed by atoms with Gasteiger partial charge >= 0.3 is 0 Å². The van der Waals surface area contributed by atoms with Crippen LogP contribution in [0.1, 0.15) is 6.42 Å². The van der Waals surface area contributed by atoms with Gasteiger partial charge < -0.3 is 9.84 Å². The second-order valence-corrected chi connectivity index (χ2v) is 2.06. The standard InChI is InChI=1S/C6H12N2O2/c1-6-8(7-5-9)3-2-4-10-6/h7,9H,1-5H2. The molecule has 0 aromatic rings. The van der Waals surface area contributed by atoms with Gasteiger partial charge in [-0.05, 0) is 6.58 Å². The average Bonchev–Trinajstić information content (AvgIpc) is 1.94. The van der Waals surface area contributed by atoms with E-state index in [-0.39, 0.29) is 6.73 Å². The van der Waals surface area contributed by atoms with Gasteiger partial charge in [0.2, 0.25) is 0 Å². The predicted octanol–water partition coefficient (Wildman–Crippen LogP) is -0.366. The Bertz CT molecular complexity index is 125. The molecule has 4 nitrogen and oxygen atoms in total. The number of nitrogens with one attached hydrogen (secondary N) is 1. The maximum absolute atomic E-state index is 8.49. The molecule has 10 heavy (non-hydrogen) atoms. The molecular weight excluding hydrogens is 132 g/mol. The number of rotatable bonds is 2. The fourth-order valence-corrected chi connectivity index (χ4v) is 0.868. The number of aliphatic hydroxyl groups is 1. The van der Waals surface area contributed by atoms with Crippen molar-refractivity contribution in [2.75, 3.05) is 19.9 Å². The van der Waals surface area contributed by atoms with Crippen LogP contribution in [0, 0.1) is 0 Å². The second-order valence-electron chi connectivity index (χ2n) is 2.06. The van der Waals surface area contributed by atoms with Crippen LogP contribution in [0.4, 0.5) is 0 Å². The molecule has 0 aliphatic carbocycles. The third kappa shape index (κ3) is 1.62. The molecule has 0 saturated carbocycles.